The summed E-state index contributed by atoms with van der Waals surface area (Å²) in [5.74, 6) is 0.567. The summed E-state index contributed by atoms with van der Waals surface area (Å²) in [4.78, 5) is 26.0. The van der Waals surface area contributed by atoms with Gasteiger partial charge >= 0.3 is 0 Å². The van der Waals surface area contributed by atoms with Crippen LogP contribution in [-0.2, 0) is 11.2 Å². The molecule has 0 unspecified atom stereocenters. The summed E-state index contributed by atoms with van der Waals surface area (Å²) in [6, 6.07) is 15.0. The topological polar surface area (TPSA) is 46.6 Å². The largest absolute Gasteiger partial charge is 0.496 e. The van der Waals surface area contributed by atoms with E-state index < -0.39 is 0 Å². The monoisotopic (exact) mass is 325 g/mol. The summed E-state index contributed by atoms with van der Waals surface area (Å²) in [6.45, 7) is 3.51. The fourth-order valence-corrected chi connectivity index (χ4v) is 2.59. The first-order valence-electron chi connectivity index (χ1n) is 7.92. The zero-order valence-electron chi connectivity index (χ0n) is 14.6. The molecule has 0 aromatic heterocycles. The SMILES string of the molecule is COc1ccc(C(C)=O)cc1CC(=O)N(C)[C@H](C)c1ccccc1. The molecule has 2 aromatic rings. The molecule has 24 heavy (non-hydrogen) atoms. The van der Waals surface area contributed by atoms with E-state index in [0.29, 0.717) is 11.3 Å². The van der Waals surface area contributed by atoms with Crippen LogP contribution in [0.3, 0.4) is 0 Å². The fraction of sp³-hybridized carbons (Fsp3) is 0.300. The second kappa shape index (κ2) is 7.77. The molecular weight excluding hydrogens is 302 g/mol. The summed E-state index contributed by atoms with van der Waals surface area (Å²) in [6.07, 6.45) is 0.192. The fourth-order valence-electron chi connectivity index (χ4n) is 2.59. The van der Waals surface area contributed by atoms with Crippen LogP contribution in [0, 0.1) is 0 Å². The number of nitrogens with zero attached hydrogens (tertiary/aromatic N) is 1. The Bertz CT molecular complexity index is 725. The lowest BCUT2D eigenvalue weighted by molar-refractivity contribution is -0.131. The molecule has 0 heterocycles. The van der Waals surface area contributed by atoms with E-state index in [1.165, 1.54) is 6.92 Å². The molecule has 0 aliphatic heterocycles. The van der Waals surface area contributed by atoms with Gasteiger partial charge in [0.2, 0.25) is 5.91 Å². The Labute approximate surface area is 143 Å². The molecule has 126 valence electrons. The second-order valence-corrected chi connectivity index (χ2v) is 5.85. The van der Waals surface area contributed by atoms with Crippen molar-refractivity contribution in [2.45, 2.75) is 26.3 Å². The van der Waals surface area contributed by atoms with Gasteiger partial charge in [-0.1, -0.05) is 30.3 Å². The number of amides is 1. The van der Waals surface area contributed by atoms with Gasteiger partial charge in [-0.3, -0.25) is 9.59 Å². The normalized spacial score (nSPS) is 11.7. The van der Waals surface area contributed by atoms with Crippen molar-refractivity contribution < 1.29 is 14.3 Å². The van der Waals surface area contributed by atoms with Crippen molar-refractivity contribution in [3.63, 3.8) is 0 Å². The molecule has 4 nitrogen and oxygen atoms in total. The van der Waals surface area contributed by atoms with Gasteiger partial charge in [0.25, 0.3) is 0 Å². The Hall–Kier alpha value is -2.62. The van der Waals surface area contributed by atoms with E-state index >= 15 is 0 Å². The van der Waals surface area contributed by atoms with Crippen LogP contribution < -0.4 is 4.74 Å². The van der Waals surface area contributed by atoms with Crippen molar-refractivity contribution in [2.75, 3.05) is 14.2 Å². The highest BCUT2D eigenvalue weighted by atomic mass is 16.5. The molecule has 0 saturated carbocycles. The highest BCUT2D eigenvalue weighted by molar-refractivity contribution is 5.94. The van der Waals surface area contributed by atoms with Crippen LogP contribution in [0.2, 0.25) is 0 Å². The third-order valence-electron chi connectivity index (χ3n) is 4.28. The van der Waals surface area contributed by atoms with E-state index in [2.05, 4.69) is 0 Å². The number of benzene rings is 2. The zero-order valence-corrected chi connectivity index (χ0v) is 14.6. The third-order valence-corrected chi connectivity index (χ3v) is 4.28. The lowest BCUT2D eigenvalue weighted by atomic mass is 10.0. The van der Waals surface area contributed by atoms with E-state index in [-0.39, 0.29) is 24.2 Å². The van der Waals surface area contributed by atoms with Gasteiger partial charge < -0.3 is 9.64 Å². The first-order valence-corrected chi connectivity index (χ1v) is 7.92. The van der Waals surface area contributed by atoms with E-state index in [1.54, 1.807) is 37.3 Å². The van der Waals surface area contributed by atoms with Gasteiger partial charge in [0.15, 0.2) is 5.78 Å². The minimum absolute atomic E-state index is 0.0228. The molecule has 1 amide bonds. The van der Waals surface area contributed by atoms with E-state index in [1.807, 2.05) is 37.3 Å². The van der Waals surface area contributed by atoms with Crippen molar-refractivity contribution >= 4 is 11.7 Å². The Morgan fingerprint density at radius 2 is 1.79 bits per heavy atom. The summed E-state index contributed by atoms with van der Waals surface area (Å²) in [7, 11) is 3.36. The van der Waals surface area contributed by atoms with Crippen LogP contribution >= 0.6 is 0 Å². The molecule has 0 aliphatic rings. The smallest absolute Gasteiger partial charge is 0.227 e. The zero-order chi connectivity index (χ0) is 17.7. The molecule has 4 heteroatoms. The van der Waals surface area contributed by atoms with Crippen molar-refractivity contribution in [1.29, 1.82) is 0 Å². The maximum absolute atomic E-state index is 12.7. The molecule has 0 spiro atoms. The number of carbonyl (C=O) groups is 2. The molecular formula is C20H23NO3. The average Bonchev–Trinajstić information content (AvgIpc) is 2.60. The number of carbonyl (C=O) groups excluding carboxylic acids is 2. The Kier molecular flexibility index (Phi) is 5.74. The van der Waals surface area contributed by atoms with Crippen LogP contribution in [0.15, 0.2) is 48.5 Å². The summed E-state index contributed by atoms with van der Waals surface area (Å²) < 4.78 is 5.32. The van der Waals surface area contributed by atoms with Gasteiger partial charge in [0, 0.05) is 18.2 Å². The number of Topliss-reactive ketones (excluding diaryl/α,β-unsaturated/α-hetero) is 1. The number of methoxy groups -OCH3 is 1. The van der Waals surface area contributed by atoms with Gasteiger partial charge in [-0.15, -0.1) is 0 Å². The standard InChI is InChI=1S/C20H23NO3/c1-14(16-8-6-5-7-9-16)21(3)20(23)13-18-12-17(15(2)22)10-11-19(18)24-4/h5-12,14H,13H2,1-4H3/t14-/m1/s1. The van der Waals surface area contributed by atoms with Crippen LogP contribution in [0.5, 0.6) is 5.75 Å². The van der Waals surface area contributed by atoms with Crippen molar-refractivity contribution in [3.05, 3.63) is 65.2 Å². The number of ketones is 1. The first-order chi connectivity index (χ1) is 11.4. The van der Waals surface area contributed by atoms with Crippen LogP contribution in [-0.4, -0.2) is 30.7 Å². The number of hydrogen-bond acceptors (Lipinski definition) is 3. The predicted molar refractivity (Wildman–Crippen MR) is 94.3 cm³/mol. The second-order valence-electron chi connectivity index (χ2n) is 5.85. The summed E-state index contributed by atoms with van der Waals surface area (Å²) in [5.41, 5.74) is 2.39. The lowest BCUT2D eigenvalue weighted by Crippen LogP contribution is -2.31. The minimum Gasteiger partial charge on any atom is -0.496 e. The molecule has 2 rings (SSSR count). The molecule has 0 N–H and O–H groups in total. The molecule has 0 radical (unpaired) electrons. The molecule has 0 bridgehead atoms. The van der Waals surface area contributed by atoms with Gasteiger partial charge in [0.1, 0.15) is 5.75 Å². The van der Waals surface area contributed by atoms with E-state index in [0.717, 1.165) is 11.1 Å². The Morgan fingerprint density at radius 3 is 2.38 bits per heavy atom. The van der Waals surface area contributed by atoms with E-state index in [9.17, 15) is 9.59 Å². The highest BCUT2D eigenvalue weighted by Crippen LogP contribution is 2.24. The van der Waals surface area contributed by atoms with Crippen LogP contribution in [0.4, 0.5) is 0 Å². The Balaban J connectivity index is 2.19. The maximum atomic E-state index is 12.7. The third kappa shape index (κ3) is 4.02. The number of ether oxygens (including phenoxy) is 1. The van der Waals surface area contributed by atoms with Crippen LogP contribution in [0.25, 0.3) is 0 Å². The molecule has 1 atom stereocenters. The number of rotatable bonds is 6. The van der Waals surface area contributed by atoms with Crippen molar-refractivity contribution in [2.24, 2.45) is 0 Å². The predicted octanol–water partition coefficient (Wildman–Crippen LogP) is 3.66. The minimum atomic E-state index is -0.0302. The molecule has 0 saturated heterocycles. The molecule has 0 aliphatic carbocycles. The van der Waals surface area contributed by atoms with Gasteiger partial charge in [0.05, 0.1) is 19.6 Å². The van der Waals surface area contributed by atoms with Gasteiger partial charge in [-0.2, -0.15) is 0 Å². The molecule has 0 fully saturated rings. The van der Waals surface area contributed by atoms with Crippen molar-refractivity contribution in [1.82, 2.24) is 4.90 Å². The van der Waals surface area contributed by atoms with Crippen molar-refractivity contribution in [3.8, 4) is 5.75 Å². The molecule has 2 aromatic carbocycles. The quantitative estimate of drug-likeness (QED) is 0.762. The Morgan fingerprint density at radius 1 is 1.12 bits per heavy atom. The van der Waals surface area contributed by atoms with E-state index in [4.69, 9.17) is 4.74 Å². The highest BCUT2D eigenvalue weighted by Gasteiger charge is 2.19. The summed E-state index contributed by atoms with van der Waals surface area (Å²) >= 11 is 0. The number of likely N-dealkylation sites (N-methyl/N-ethyl adjacent to an activating group) is 1. The summed E-state index contributed by atoms with van der Waals surface area (Å²) in [5, 5.41) is 0. The average molecular weight is 325 g/mol. The van der Waals surface area contributed by atoms with Gasteiger partial charge in [-0.25, -0.2) is 0 Å². The van der Waals surface area contributed by atoms with Crippen LogP contribution in [0.1, 0.15) is 41.4 Å². The van der Waals surface area contributed by atoms with Gasteiger partial charge in [-0.05, 0) is 37.6 Å². The number of hydrogen-bond donors (Lipinski definition) is 0. The lowest BCUT2D eigenvalue weighted by Gasteiger charge is -2.26. The first kappa shape index (κ1) is 17.7. The maximum Gasteiger partial charge on any atom is 0.227 e.